The topological polar surface area (TPSA) is 95.9 Å². The minimum Gasteiger partial charge on any atom is -0.447 e. The summed E-state index contributed by atoms with van der Waals surface area (Å²) < 4.78 is 25.6. The molecule has 1 atom stereocenters. The predicted octanol–water partition coefficient (Wildman–Crippen LogP) is 3.99. The molecule has 30 heavy (non-hydrogen) atoms. The number of carbonyl (C=O) groups is 1. The fourth-order valence-corrected chi connectivity index (χ4v) is 2.86. The first-order valence-electron chi connectivity index (χ1n) is 9.22. The summed E-state index contributed by atoms with van der Waals surface area (Å²) in [6.45, 7) is 5.27. The summed E-state index contributed by atoms with van der Waals surface area (Å²) in [5.41, 5.74) is 2.42. The summed E-state index contributed by atoms with van der Waals surface area (Å²) in [6, 6.07) is 13.3. The summed E-state index contributed by atoms with van der Waals surface area (Å²) in [7, 11) is 0. The van der Waals surface area contributed by atoms with Crippen LogP contribution < -0.4 is 0 Å². The molecule has 0 saturated heterocycles. The third-order valence-electron chi connectivity index (χ3n) is 4.36. The van der Waals surface area contributed by atoms with E-state index >= 15 is 0 Å². The zero-order valence-corrected chi connectivity index (χ0v) is 16.5. The number of carbonyl (C=O) groups excluding carboxylic acids is 1. The maximum atomic E-state index is 13.1. The van der Waals surface area contributed by atoms with Crippen molar-refractivity contribution in [2.75, 3.05) is 0 Å². The van der Waals surface area contributed by atoms with E-state index in [9.17, 15) is 9.18 Å². The molecule has 0 radical (unpaired) electrons. The Morgan fingerprint density at radius 2 is 1.90 bits per heavy atom. The van der Waals surface area contributed by atoms with E-state index in [0.717, 1.165) is 11.1 Å². The summed E-state index contributed by atoms with van der Waals surface area (Å²) in [5, 5.41) is 12.2. The molecule has 2 heterocycles. The van der Waals surface area contributed by atoms with Crippen LogP contribution in [0.4, 0.5) is 4.39 Å². The number of aromatic nitrogens is 5. The Morgan fingerprint density at radius 1 is 1.13 bits per heavy atom. The van der Waals surface area contributed by atoms with Crippen molar-refractivity contribution in [1.29, 1.82) is 0 Å². The molecule has 0 spiro atoms. The predicted molar refractivity (Wildman–Crippen MR) is 104 cm³/mol. The van der Waals surface area contributed by atoms with Gasteiger partial charge in [0.25, 0.3) is 11.7 Å². The summed E-state index contributed by atoms with van der Waals surface area (Å²) in [4.78, 5) is 16.6. The molecule has 152 valence electrons. The van der Waals surface area contributed by atoms with Crippen molar-refractivity contribution >= 4 is 5.97 Å². The minimum absolute atomic E-state index is 0.123. The molecule has 0 amide bonds. The molecular formula is C21H18FN5O3. The molecule has 4 aromatic rings. The lowest BCUT2D eigenvalue weighted by molar-refractivity contribution is 0.0265. The summed E-state index contributed by atoms with van der Waals surface area (Å²) in [5.74, 6) is -0.264. The molecule has 0 bridgehead atoms. The second kappa shape index (κ2) is 7.86. The van der Waals surface area contributed by atoms with Crippen LogP contribution in [-0.2, 0) is 4.74 Å². The Labute approximate surface area is 171 Å². The molecule has 0 aliphatic rings. The first kappa shape index (κ1) is 19.4. The van der Waals surface area contributed by atoms with Gasteiger partial charge in [-0.3, -0.25) is 0 Å². The molecule has 0 aliphatic heterocycles. The first-order chi connectivity index (χ1) is 14.4. The van der Waals surface area contributed by atoms with Crippen LogP contribution in [0.25, 0.3) is 17.1 Å². The van der Waals surface area contributed by atoms with Crippen molar-refractivity contribution < 1.29 is 18.3 Å². The van der Waals surface area contributed by atoms with E-state index in [-0.39, 0.29) is 17.5 Å². The highest BCUT2D eigenvalue weighted by Crippen LogP contribution is 2.23. The van der Waals surface area contributed by atoms with Gasteiger partial charge in [-0.2, -0.15) is 0 Å². The fourth-order valence-electron chi connectivity index (χ4n) is 2.86. The smallest absolute Gasteiger partial charge is 0.379 e. The van der Waals surface area contributed by atoms with Crippen molar-refractivity contribution in [3.8, 4) is 17.1 Å². The van der Waals surface area contributed by atoms with E-state index in [1.807, 2.05) is 31.2 Å². The third-order valence-corrected chi connectivity index (χ3v) is 4.36. The number of nitrogens with zero attached hydrogens (tertiary/aromatic N) is 5. The average Bonchev–Trinajstić information content (AvgIpc) is 3.36. The van der Waals surface area contributed by atoms with E-state index in [1.165, 1.54) is 16.8 Å². The van der Waals surface area contributed by atoms with Crippen LogP contribution in [0, 0.1) is 19.7 Å². The van der Waals surface area contributed by atoms with Crippen LogP contribution in [0.2, 0.25) is 0 Å². The quantitative estimate of drug-likeness (QED) is 0.462. The lowest BCUT2D eigenvalue weighted by Crippen LogP contribution is -2.11. The number of aryl methyl sites for hydroxylation is 2. The van der Waals surface area contributed by atoms with E-state index in [4.69, 9.17) is 9.15 Å². The van der Waals surface area contributed by atoms with Crippen LogP contribution in [0.3, 0.4) is 0 Å². The standard InChI is InChI=1S/C21H18FN5O3/c1-12-5-4-6-15(11-12)20-25-24-19(30-20)13(2)29-21(28)18-23-14(3)27(26-18)17-9-7-16(22)8-10-17/h4-11,13H,1-3H3. The molecule has 0 aliphatic carbocycles. The molecule has 4 rings (SSSR count). The molecule has 8 nitrogen and oxygen atoms in total. The molecule has 0 fully saturated rings. The second-order valence-corrected chi connectivity index (χ2v) is 6.73. The molecule has 0 N–H and O–H groups in total. The minimum atomic E-state index is -0.790. The number of hydrogen-bond acceptors (Lipinski definition) is 7. The Hall–Kier alpha value is -3.88. The van der Waals surface area contributed by atoms with Crippen molar-refractivity contribution in [2.45, 2.75) is 26.9 Å². The van der Waals surface area contributed by atoms with Gasteiger partial charge in [0.15, 0.2) is 6.10 Å². The lowest BCUT2D eigenvalue weighted by atomic mass is 10.1. The molecule has 2 aromatic carbocycles. The number of hydrogen-bond donors (Lipinski definition) is 0. The van der Waals surface area contributed by atoms with Gasteiger partial charge in [-0.1, -0.05) is 17.7 Å². The van der Waals surface area contributed by atoms with Gasteiger partial charge in [0.05, 0.1) is 5.69 Å². The van der Waals surface area contributed by atoms with Gasteiger partial charge in [-0.05, 0) is 57.2 Å². The number of esters is 1. The normalized spacial score (nSPS) is 12.0. The number of halogens is 1. The number of rotatable bonds is 5. The van der Waals surface area contributed by atoms with Crippen LogP contribution in [0.5, 0.6) is 0 Å². The van der Waals surface area contributed by atoms with E-state index in [2.05, 4.69) is 20.3 Å². The van der Waals surface area contributed by atoms with E-state index in [0.29, 0.717) is 17.4 Å². The molecule has 0 saturated carbocycles. The number of ether oxygens (including phenoxy) is 1. The SMILES string of the molecule is Cc1cccc(-c2nnc(C(C)OC(=O)c3nc(C)n(-c4ccc(F)cc4)n3)o2)c1. The summed E-state index contributed by atoms with van der Waals surface area (Å²) >= 11 is 0. The van der Waals surface area contributed by atoms with Gasteiger partial charge >= 0.3 is 5.97 Å². The van der Waals surface area contributed by atoms with Crippen LogP contribution in [0.15, 0.2) is 52.9 Å². The van der Waals surface area contributed by atoms with Gasteiger partial charge in [0.1, 0.15) is 11.6 Å². The van der Waals surface area contributed by atoms with E-state index < -0.39 is 12.1 Å². The summed E-state index contributed by atoms with van der Waals surface area (Å²) in [6.07, 6.45) is -0.790. The van der Waals surface area contributed by atoms with Gasteiger partial charge in [0.2, 0.25) is 5.89 Å². The maximum Gasteiger partial charge on any atom is 0.379 e. The zero-order chi connectivity index (χ0) is 21.3. The highest BCUT2D eigenvalue weighted by Gasteiger charge is 2.23. The molecular weight excluding hydrogens is 389 g/mol. The largest absolute Gasteiger partial charge is 0.447 e. The highest BCUT2D eigenvalue weighted by molar-refractivity contribution is 5.85. The monoisotopic (exact) mass is 407 g/mol. The molecule has 9 heteroatoms. The van der Waals surface area contributed by atoms with Crippen molar-refractivity contribution in [3.05, 3.63) is 77.5 Å². The van der Waals surface area contributed by atoms with E-state index in [1.54, 1.807) is 26.0 Å². The first-order valence-corrected chi connectivity index (χ1v) is 9.22. The van der Waals surface area contributed by atoms with Crippen molar-refractivity contribution in [1.82, 2.24) is 25.0 Å². The molecule has 2 aromatic heterocycles. The third kappa shape index (κ3) is 3.95. The van der Waals surface area contributed by atoms with Crippen LogP contribution in [0.1, 0.15) is 40.9 Å². The van der Waals surface area contributed by atoms with Crippen molar-refractivity contribution in [2.24, 2.45) is 0 Å². The number of benzene rings is 2. The van der Waals surface area contributed by atoms with Crippen LogP contribution in [-0.4, -0.2) is 30.9 Å². The van der Waals surface area contributed by atoms with Crippen molar-refractivity contribution in [3.63, 3.8) is 0 Å². The average molecular weight is 407 g/mol. The lowest BCUT2D eigenvalue weighted by Gasteiger charge is -2.07. The van der Waals surface area contributed by atoms with Gasteiger partial charge in [-0.25, -0.2) is 18.9 Å². The fraction of sp³-hybridized carbons (Fsp3) is 0.190. The Morgan fingerprint density at radius 3 is 2.63 bits per heavy atom. The van der Waals surface area contributed by atoms with Gasteiger partial charge in [-0.15, -0.1) is 15.3 Å². The van der Waals surface area contributed by atoms with Gasteiger partial charge < -0.3 is 9.15 Å². The zero-order valence-electron chi connectivity index (χ0n) is 16.5. The maximum absolute atomic E-state index is 13.1. The van der Waals surface area contributed by atoms with Crippen LogP contribution >= 0.6 is 0 Å². The Kier molecular flexibility index (Phi) is 5.09. The Bertz CT molecular complexity index is 1200. The Balaban J connectivity index is 1.49. The molecule has 1 unspecified atom stereocenters. The highest BCUT2D eigenvalue weighted by atomic mass is 19.1. The second-order valence-electron chi connectivity index (χ2n) is 6.73. The van der Waals surface area contributed by atoms with Gasteiger partial charge in [0, 0.05) is 5.56 Å².